The predicted molar refractivity (Wildman–Crippen MR) is 41.5 cm³/mol. The molecule has 0 saturated heterocycles. The van der Waals surface area contributed by atoms with Crippen LogP contribution in [0.5, 0.6) is 0 Å². The van der Waals surface area contributed by atoms with Crippen LogP contribution in [-0.4, -0.2) is 30.0 Å². The van der Waals surface area contributed by atoms with Crippen molar-refractivity contribution in [1.82, 2.24) is 0 Å². The van der Waals surface area contributed by atoms with Gasteiger partial charge in [-0.2, -0.15) is 0 Å². The van der Waals surface area contributed by atoms with Crippen LogP contribution in [0.15, 0.2) is 0 Å². The third kappa shape index (κ3) is 4.58. The van der Waals surface area contributed by atoms with Gasteiger partial charge in [0.2, 0.25) is 0 Å². The number of hydrogen-bond donors (Lipinski definition) is 0. The summed E-state index contributed by atoms with van der Waals surface area (Å²) in [7, 11) is 0. The van der Waals surface area contributed by atoms with E-state index in [-0.39, 0.29) is 12.5 Å². The lowest BCUT2D eigenvalue weighted by atomic mass is 10.4. The third-order valence-corrected chi connectivity index (χ3v) is 1.66. The first-order valence-corrected chi connectivity index (χ1v) is 4.26. The fourth-order valence-corrected chi connectivity index (χ4v) is 0.855. The Morgan fingerprint density at radius 2 is 2.00 bits per heavy atom. The van der Waals surface area contributed by atoms with Gasteiger partial charge >= 0.3 is 0 Å². The summed E-state index contributed by atoms with van der Waals surface area (Å²) in [6.07, 6.45) is -1.08. The van der Waals surface area contributed by atoms with E-state index in [2.05, 4.69) is 0 Å². The average molecular weight is 206 g/mol. The molecule has 0 heterocycles. The molecule has 1 radical (unpaired) electrons. The Hall–Kier alpha value is 0.790. The first kappa shape index (κ1) is 10.8. The fourth-order valence-electron chi connectivity index (χ4n) is 0.334. The molecule has 10 heavy (non-hydrogen) atoms. The Kier molecular flexibility index (Phi) is 7.01. The quantitative estimate of drug-likeness (QED) is 0.631. The summed E-state index contributed by atoms with van der Waals surface area (Å²) in [5, 5.41) is 10.7. The highest BCUT2D eigenvalue weighted by molar-refractivity contribution is 6.22. The molecular weight excluding hydrogens is 198 g/mol. The van der Waals surface area contributed by atoms with Crippen LogP contribution >= 0.6 is 34.8 Å². The van der Waals surface area contributed by atoms with Gasteiger partial charge in [0, 0.05) is 5.88 Å². The van der Waals surface area contributed by atoms with Crippen LogP contribution in [0.2, 0.25) is 0 Å². The third-order valence-electron chi connectivity index (χ3n) is 0.799. The normalized spacial score (nSPS) is 16.8. The molecule has 0 spiro atoms. The van der Waals surface area contributed by atoms with Crippen LogP contribution in [0.3, 0.4) is 0 Å². The monoisotopic (exact) mass is 205 g/mol. The van der Waals surface area contributed by atoms with E-state index < -0.39 is 11.7 Å². The minimum Gasteiger partial charge on any atom is -0.358 e. The molecule has 0 saturated carbocycles. The van der Waals surface area contributed by atoms with Crippen LogP contribution < -0.4 is 0 Å². The zero-order valence-electron chi connectivity index (χ0n) is 5.23. The molecule has 0 aliphatic rings. The zero-order chi connectivity index (χ0) is 7.98. The van der Waals surface area contributed by atoms with E-state index in [0.29, 0.717) is 5.88 Å². The smallest absolute Gasteiger partial charge is 0.161 e. The maximum absolute atomic E-state index is 10.7. The molecule has 2 unspecified atom stereocenters. The van der Waals surface area contributed by atoms with Crippen molar-refractivity contribution >= 4 is 34.8 Å². The van der Waals surface area contributed by atoms with Crippen molar-refractivity contribution in [3.8, 4) is 0 Å². The summed E-state index contributed by atoms with van der Waals surface area (Å²) in [6, 6.07) is 0. The minimum absolute atomic E-state index is 0.0452. The lowest BCUT2D eigenvalue weighted by molar-refractivity contribution is -0.00935. The molecule has 0 aromatic heterocycles. The van der Waals surface area contributed by atoms with Crippen LogP contribution in [0.4, 0.5) is 0 Å². The van der Waals surface area contributed by atoms with Gasteiger partial charge in [0.05, 0.1) is 12.5 Å². The largest absolute Gasteiger partial charge is 0.358 e. The molecule has 0 bridgehead atoms. The molecule has 0 aliphatic carbocycles. The highest BCUT2D eigenvalue weighted by Gasteiger charge is 2.16. The molecule has 0 amide bonds. The summed E-state index contributed by atoms with van der Waals surface area (Å²) < 4.78 is 4.78. The van der Waals surface area contributed by atoms with E-state index in [0.717, 1.165) is 0 Å². The summed E-state index contributed by atoms with van der Waals surface area (Å²) in [4.78, 5) is 0. The second kappa shape index (κ2) is 6.50. The number of rotatable bonds is 5. The first-order chi connectivity index (χ1) is 4.72. The number of hydrogen-bond acceptors (Lipinski definition) is 1. The number of ether oxygens (including phenoxy) is 1. The topological polar surface area (TPSA) is 29.1 Å². The summed E-state index contributed by atoms with van der Waals surface area (Å²) in [5.41, 5.74) is -0.865. The SMILES string of the molecule is [O]C(CCl)C(Cl)OCCCl. The van der Waals surface area contributed by atoms with Crippen LogP contribution in [-0.2, 0) is 9.84 Å². The fraction of sp³-hybridized carbons (Fsp3) is 1.00. The maximum Gasteiger partial charge on any atom is 0.161 e. The van der Waals surface area contributed by atoms with Gasteiger partial charge in [0.25, 0.3) is 0 Å². The Balaban J connectivity index is 3.31. The Morgan fingerprint density at radius 3 is 2.40 bits per heavy atom. The molecule has 0 rings (SSSR count). The van der Waals surface area contributed by atoms with Crippen molar-refractivity contribution in [3.05, 3.63) is 0 Å². The van der Waals surface area contributed by atoms with Crippen molar-refractivity contribution in [3.63, 3.8) is 0 Å². The lowest BCUT2D eigenvalue weighted by Gasteiger charge is -2.11. The Labute approximate surface area is 75.0 Å². The molecule has 2 nitrogen and oxygen atoms in total. The predicted octanol–water partition coefficient (Wildman–Crippen LogP) is 1.84. The molecule has 5 heteroatoms. The van der Waals surface area contributed by atoms with E-state index >= 15 is 0 Å². The molecule has 0 N–H and O–H groups in total. The highest BCUT2D eigenvalue weighted by Crippen LogP contribution is 2.06. The van der Waals surface area contributed by atoms with Gasteiger partial charge in [-0.15, -0.1) is 23.2 Å². The molecular formula is C5H8Cl3O2. The van der Waals surface area contributed by atoms with Crippen LogP contribution in [0.25, 0.3) is 0 Å². The van der Waals surface area contributed by atoms with E-state index in [9.17, 15) is 5.11 Å². The molecule has 0 aliphatic heterocycles. The van der Waals surface area contributed by atoms with Gasteiger partial charge in [0.15, 0.2) is 5.56 Å². The van der Waals surface area contributed by atoms with Crippen LogP contribution in [0, 0.1) is 0 Å². The van der Waals surface area contributed by atoms with Crippen molar-refractivity contribution in [2.24, 2.45) is 0 Å². The second-order valence-electron chi connectivity index (χ2n) is 1.60. The molecule has 2 atom stereocenters. The van der Waals surface area contributed by atoms with E-state index in [4.69, 9.17) is 39.5 Å². The van der Waals surface area contributed by atoms with Crippen molar-refractivity contribution < 1.29 is 9.84 Å². The highest BCUT2D eigenvalue weighted by atomic mass is 35.5. The molecule has 0 aromatic carbocycles. The summed E-state index contributed by atoms with van der Waals surface area (Å²) >= 11 is 15.9. The summed E-state index contributed by atoms with van der Waals surface area (Å²) in [6.45, 7) is 0.283. The molecule has 0 fully saturated rings. The first-order valence-electron chi connectivity index (χ1n) is 2.75. The van der Waals surface area contributed by atoms with Gasteiger partial charge in [0.1, 0.15) is 6.10 Å². The lowest BCUT2D eigenvalue weighted by Crippen LogP contribution is -2.24. The Morgan fingerprint density at radius 1 is 1.40 bits per heavy atom. The van der Waals surface area contributed by atoms with Crippen molar-refractivity contribution in [2.75, 3.05) is 18.4 Å². The standard InChI is InChI=1S/C5H8Cl3O2/c6-1-2-10-5(8)4(9)3-7/h4-5H,1-3H2. The minimum atomic E-state index is -1.08. The Bertz CT molecular complexity index is 81.3. The maximum atomic E-state index is 10.7. The molecule has 0 aromatic rings. The van der Waals surface area contributed by atoms with E-state index in [1.165, 1.54) is 0 Å². The van der Waals surface area contributed by atoms with Crippen LogP contribution in [0.1, 0.15) is 0 Å². The second-order valence-corrected chi connectivity index (χ2v) is 2.72. The number of halogens is 3. The van der Waals surface area contributed by atoms with Gasteiger partial charge < -0.3 is 4.74 Å². The van der Waals surface area contributed by atoms with E-state index in [1.807, 2.05) is 0 Å². The van der Waals surface area contributed by atoms with Crippen molar-refractivity contribution in [2.45, 2.75) is 11.7 Å². The van der Waals surface area contributed by atoms with Gasteiger partial charge in [-0.05, 0) is 0 Å². The molecule has 61 valence electrons. The number of alkyl halides is 3. The summed E-state index contributed by atoms with van der Waals surface area (Å²) in [5.74, 6) is 0.286. The van der Waals surface area contributed by atoms with Gasteiger partial charge in [-0.3, -0.25) is 0 Å². The van der Waals surface area contributed by atoms with E-state index in [1.54, 1.807) is 0 Å². The zero-order valence-corrected chi connectivity index (χ0v) is 7.49. The van der Waals surface area contributed by atoms with Gasteiger partial charge in [-0.1, -0.05) is 11.6 Å². The van der Waals surface area contributed by atoms with Gasteiger partial charge in [-0.25, -0.2) is 5.11 Å². The average Bonchev–Trinajstić information content (AvgIpc) is 1.98. The van der Waals surface area contributed by atoms with Crippen molar-refractivity contribution in [1.29, 1.82) is 0 Å².